The van der Waals surface area contributed by atoms with Gasteiger partial charge in [-0.25, -0.2) is 4.39 Å². The van der Waals surface area contributed by atoms with E-state index in [0.29, 0.717) is 13.3 Å². The molecule has 0 amide bonds. The first-order chi connectivity index (χ1) is 10.3. The lowest BCUT2D eigenvalue weighted by molar-refractivity contribution is -0.0334. The summed E-state index contributed by atoms with van der Waals surface area (Å²) in [6.45, 7) is 2.49. The number of rotatable bonds is 7. The smallest absolute Gasteiger partial charge is 0.380 e. The molecule has 0 fully saturated rings. The van der Waals surface area contributed by atoms with Crippen molar-refractivity contribution in [2.75, 3.05) is 0 Å². The zero-order valence-corrected chi connectivity index (χ0v) is 13.8. The van der Waals surface area contributed by atoms with Gasteiger partial charge in [0, 0.05) is 6.42 Å². The molecular formula is C12H15F3O6S2. The van der Waals surface area contributed by atoms with E-state index in [1.807, 2.05) is 6.92 Å². The summed E-state index contributed by atoms with van der Waals surface area (Å²) in [7, 11) is -12.1. The number of hydrogen-bond acceptors (Lipinski definition) is 5. The zero-order valence-electron chi connectivity index (χ0n) is 12.2. The first kappa shape index (κ1) is 19.7. The third-order valence-corrected chi connectivity index (χ3v) is 6.00. The average molecular weight is 376 g/mol. The van der Waals surface area contributed by atoms with Gasteiger partial charge < -0.3 is 4.18 Å². The zero-order chi connectivity index (χ0) is 18.1. The maximum atomic E-state index is 14.4. The van der Waals surface area contributed by atoms with Crippen LogP contribution < -0.4 is 4.18 Å². The highest BCUT2D eigenvalue weighted by atomic mass is 32.2. The average Bonchev–Trinajstić information content (AvgIpc) is 2.45. The molecule has 0 aliphatic heterocycles. The molecule has 23 heavy (non-hydrogen) atoms. The minimum absolute atomic E-state index is 0.469. The Balaban J connectivity index is 3.31. The summed E-state index contributed by atoms with van der Waals surface area (Å²) in [5.41, 5.74) is 0.778. The van der Waals surface area contributed by atoms with E-state index in [1.54, 1.807) is 0 Å². The summed E-state index contributed by atoms with van der Waals surface area (Å²) >= 11 is 0. The van der Waals surface area contributed by atoms with Crippen molar-refractivity contribution in [1.82, 2.24) is 0 Å². The third kappa shape index (κ3) is 3.45. The summed E-state index contributed by atoms with van der Waals surface area (Å²) in [5, 5.41) is -10.3. The SMILES string of the molecule is CCc1ccc(OS(=O)(=O)C(F)(CC)C(F)(F)S(=O)(=O)O)cc1. The van der Waals surface area contributed by atoms with E-state index in [2.05, 4.69) is 4.18 Å². The third-order valence-electron chi connectivity index (χ3n) is 3.15. The molecule has 1 unspecified atom stereocenters. The Bertz CT molecular complexity index is 758. The Hall–Kier alpha value is -1.33. The number of halogens is 3. The number of alkyl halides is 3. The first-order valence-electron chi connectivity index (χ1n) is 6.39. The molecule has 0 radical (unpaired) electrons. The summed E-state index contributed by atoms with van der Waals surface area (Å²) in [5.74, 6) is -0.469. The highest BCUT2D eigenvalue weighted by Crippen LogP contribution is 2.44. The molecule has 0 heterocycles. The normalized spacial score (nSPS) is 15.9. The van der Waals surface area contributed by atoms with Gasteiger partial charge in [0.15, 0.2) is 0 Å². The van der Waals surface area contributed by atoms with Gasteiger partial charge in [-0.3, -0.25) is 4.55 Å². The Morgan fingerprint density at radius 3 is 1.87 bits per heavy atom. The van der Waals surface area contributed by atoms with E-state index in [9.17, 15) is 30.0 Å². The van der Waals surface area contributed by atoms with Gasteiger partial charge in [-0.05, 0) is 24.1 Å². The van der Waals surface area contributed by atoms with Crippen molar-refractivity contribution in [1.29, 1.82) is 0 Å². The highest BCUT2D eigenvalue weighted by molar-refractivity contribution is 7.92. The molecule has 1 atom stereocenters. The van der Waals surface area contributed by atoms with Crippen LogP contribution in [0.3, 0.4) is 0 Å². The van der Waals surface area contributed by atoms with Crippen LogP contribution in [0.2, 0.25) is 0 Å². The van der Waals surface area contributed by atoms with E-state index in [-0.39, 0.29) is 0 Å². The van der Waals surface area contributed by atoms with Crippen LogP contribution in [0.5, 0.6) is 5.75 Å². The predicted molar refractivity (Wildman–Crippen MR) is 76.0 cm³/mol. The van der Waals surface area contributed by atoms with Crippen LogP contribution in [0, 0.1) is 0 Å². The monoisotopic (exact) mass is 376 g/mol. The van der Waals surface area contributed by atoms with Gasteiger partial charge in [0.1, 0.15) is 5.75 Å². The summed E-state index contributed by atoms with van der Waals surface area (Å²) in [6, 6.07) is 5.07. The van der Waals surface area contributed by atoms with Crippen molar-refractivity contribution in [2.45, 2.75) is 36.9 Å². The van der Waals surface area contributed by atoms with Gasteiger partial charge in [-0.15, -0.1) is 0 Å². The van der Waals surface area contributed by atoms with Crippen LogP contribution in [-0.4, -0.2) is 31.6 Å². The fourth-order valence-electron chi connectivity index (χ4n) is 1.69. The van der Waals surface area contributed by atoms with E-state index in [4.69, 9.17) is 4.55 Å². The summed E-state index contributed by atoms with van der Waals surface area (Å²) in [4.78, 5) is 0. The summed E-state index contributed by atoms with van der Waals surface area (Å²) < 4.78 is 99.5. The van der Waals surface area contributed by atoms with Crippen LogP contribution in [0.15, 0.2) is 24.3 Å². The largest absolute Gasteiger partial charge is 0.420 e. The Morgan fingerprint density at radius 2 is 1.52 bits per heavy atom. The molecule has 11 heteroatoms. The van der Waals surface area contributed by atoms with Gasteiger partial charge in [0.2, 0.25) is 0 Å². The molecule has 0 aliphatic rings. The van der Waals surface area contributed by atoms with Gasteiger partial charge in [-0.1, -0.05) is 26.0 Å². The van der Waals surface area contributed by atoms with E-state index < -0.39 is 42.7 Å². The van der Waals surface area contributed by atoms with Crippen molar-refractivity contribution in [2.24, 2.45) is 0 Å². The van der Waals surface area contributed by atoms with Crippen LogP contribution in [0.4, 0.5) is 13.2 Å². The number of aryl methyl sites for hydroxylation is 1. The molecule has 0 spiro atoms. The number of hydrogen-bond donors (Lipinski definition) is 1. The molecule has 0 bridgehead atoms. The minimum atomic E-state index is -6.33. The fourth-order valence-corrected chi connectivity index (χ4v) is 3.99. The molecule has 0 saturated carbocycles. The number of benzene rings is 1. The molecule has 0 aromatic heterocycles. The standard InChI is InChI=1S/C12H15F3O6S2/c1-3-9-5-7-10(8-6-9)21-23(19,20)11(13,4-2)12(14,15)22(16,17)18/h5-8H,3-4H2,1-2H3,(H,16,17,18). The molecule has 1 aromatic carbocycles. The van der Waals surface area contributed by atoms with Crippen molar-refractivity contribution < 1.29 is 38.7 Å². The van der Waals surface area contributed by atoms with Crippen LogP contribution >= 0.6 is 0 Å². The van der Waals surface area contributed by atoms with E-state index >= 15 is 0 Å². The lowest BCUT2D eigenvalue weighted by Crippen LogP contribution is -2.55. The van der Waals surface area contributed by atoms with Gasteiger partial charge in [0.05, 0.1) is 0 Å². The second-order valence-corrected chi connectivity index (χ2v) is 7.79. The van der Waals surface area contributed by atoms with Crippen LogP contribution in [0.25, 0.3) is 0 Å². The topological polar surface area (TPSA) is 97.7 Å². The van der Waals surface area contributed by atoms with Gasteiger partial charge in [0.25, 0.3) is 0 Å². The lowest BCUT2D eigenvalue weighted by atomic mass is 10.2. The molecular weight excluding hydrogens is 361 g/mol. The Kier molecular flexibility index (Phi) is 5.39. The van der Waals surface area contributed by atoms with Gasteiger partial charge in [-0.2, -0.15) is 25.6 Å². The van der Waals surface area contributed by atoms with Crippen molar-refractivity contribution in [3.8, 4) is 5.75 Å². The van der Waals surface area contributed by atoms with Crippen molar-refractivity contribution >= 4 is 20.2 Å². The molecule has 0 aliphatic carbocycles. The molecule has 1 rings (SSSR count). The van der Waals surface area contributed by atoms with Crippen LogP contribution in [0.1, 0.15) is 25.8 Å². The first-order valence-corrected chi connectivity index (χ1v) is 9.24. The molecule has 6 nitrogen and oxygen atoms in total. The minimum Gasteiger partial charge on any atom is -0.380 e. The van der Waals surface area contributed by atoms with Crippen LogP contribution in [-0.2, 0) is 26.7 Å². The fraction of sp³-hybridized carbons (Fsp3) is 0.500. The molecule has 0 saturated heterocycles. The van der Waals surface area contributed by atoms with Crippen molar-refractivity contribution in [3.63, 3.8) is 0 Å². The van der Waals surface area contributed by atoms with Crippen molar-refractivity contribution in [3.05, 3.63) is 29.8 Å². The summed E-state index contributed by atoms with van der Waals surface area (Å²) in [6.07, 6.45) is -0.856. The van der Waals surface area contributed by atoms with Gasteiger partial charge >= 0.3 is 30.5 Å². The Morgan fingerprint density at radius 1 is 1.04 bits per heavy atom. The lowest BCUT2D eigenvalue weighted by Gasteiger charge is -2.28. The second kappa shape index (κ2) is 6.29. The highest BCUT2D eigenvalue weighted by Gasteiger charge is 2.71. The molecule has 1 N–H and O–H groups in total. The quantitative estimate of drug-likeness (QED) is 0.580. The van der Waals surface area contributed by atoms with E-state index in [0.717, 1.165) is 17.7 Å². The molecule has 132 valence electrons. The predicted octanol–water partition coefficient (Wildman–Crippen LogP) is 2.51. The maximum Gasteiger partial charge on any atom is 0.420 e. The van der Waals surface area contributed by atoms with E-state index in [1.165, 1.54) is 12.1 Å². The Labute approximate surface area is 132 Å². The maximum absolute atomic E-state index is 14.4. The second-order valence-electron chi connectivity index (χ2n) is 4.61. The molecule has 1 aromatic rings.